The maximum Gasteiger partial charge on any atom is 0.304 e. The lowest BCUT2D eigenvalue weighted by Crippen LogP contribution is -2.18. The molecule has 1 atom stereocenters. The Balaban J connectivity index is 1.65. The molecule has 0 aliphatic carbocycles. The van der Waals surface area contributed by atoms with Crippen molar-refractivity contribution in [1.82, 2.24) is 20.3 Å². The highest BCUT2D eigenvalue weighted by atomic mass is 19.1. The van der Waals surface area contributed by atoms with Crippen molar-refractivity contribution in [3.05, 3.63) is 81.9 Å². The van der Waals surface area contributed by atoms with E-state index >= 15 is 0 Å². The van der Waals surface area contributed by atoms with E-state index in [1.807, 2.05) is 43.5 Å². The number of benzene rings is 2. The lowest BCUT2D eigenvalue weighted by Gasteiger charge is -2.11. The molecule has 128 valence electrons. The van der Waals surface area contributed by atoms with E-state index < -0.39 is 16.4 Å². The van der Waals surface area contributed by atoms with Crippen LogP contribution in [0.4, 0.5) is 10.1 Å². The molecular formula is C17H16FN5O2. The van der Waals surface area contributed by atoms with Crippen LogP contribution in [0.5, 0.6) is 0 Å². The molecule has 0 fully saturated rings. The smallest absolute Gasteiger partial charge is 0.304 e. The molecule has 7 nitrogen and oxygen atoms in total. The SMILES string of the molecule is CC(NCc1ccc([N+](=O)[O-])c(F)c1)c1cn(-c2ccccc2)nn1. The van der Waals surface area contributed by atoms with E-state index in [9.17, 15) is 14.5 Å². The van der Waals surface area contributed by atoms with Crippen LogP contribution < -0.4 is 5.32 Å². The average Bonchev–Trinajstić information content (AvgIpc) is 3.10. The fourth-order valence-corrected chi connectivity index (χ4v) is 2.37. The van der Waals surface area contributed by atoms with Gasteiger partial charge in [-0.25, -0.2) is 4.68 Å². The van der Waals surface area contributed by atoms with Crippen LogP contribution in [0.15, 0.2) is 54.7 Å². The molecule has 3 rings (SSSR count). The average molecular weight is 341 g/mol. The van der Waals surface area contributed by atoms with Gasteiger partial charge in [0.25, 0.3) is 0 Å². The molecule has 0 aliphatic rings. The Bertz CT molecular complexity index is 882. The van der Waals surface area contributed by atoms with Gasteiger partial charge in [-0.3, -0.25) is 10.1 Å². The molecule has 1 heterocycles. The van der Waals surface area contributed by atoms with Crippen LogP contribution >= 0.6 is 0 Å². The van der Waals surface area contributed by atoms with Crippen molar-refractivity contribution in [1.29, 1.82) is 0 Å². The highest BCUT2D eigenvalue weighted by Crippen LogP contribution is 2.19. The first-order valence-corrected chi connectivity index (χ1v) is 7.68. The first-order chi connectivity index (χ1) is 12.0. The van der Waals surface area contributed by atoms with Crippen molar-refractivity contribution in [2.24, 2.45) is 0 Å². The predicted octanol–water partition coefficient (Wildman–Crippen LogP) is 3.17. The number of hydrogen-bond acceptors (Lipinski definition) is 5. The molecule has 1 unspecified atom stereocenters. The summed E-state index contributed by atoms with van der Waals surface area (Å²) in [5.41, 5.74) is 1.74. The number of nitrogens with one attached hydrogen (secondary N) is 1. The van der Waals surface area contributed by atoms with Crippen molar-refractivity contribution < 1.29 is 9.31 Å². The zero-order valence-corrected chi connectivity index (χ0v) is 13.5. The van der Waals surface area contributed by atoms with Gasteiger partial charge in [-0.05, 0) is 30.7 Å². The number of nitrogens with zero attached hydrogens (tertiary/aromatic N) is 4. The van der Waals surface area contributed by atoms with E-state index in [1.165, 1.54) is 18.2 Å². The first-order valence-electron chi connectivity index (χ1n) is 7.68. The Morgan fingerprint density at radius 2 is 2.04 bits per heavy atom. The number of nitro benzene ring substituents is 1. The molecule has 3 aromatic rings. The topological polar surface area (TPSA) is 85.9 Å². The quantitative estimate of drug-likeness (QED) is 0.550. The van der Waals surface area contributed by atoms with Crippen LogP contribution in [-0.4, -0.2) is 19.9 Å². The molecule has 0 saturated heterocycles. The highest BCUT2D eigenvalue weighted by molar-refractivity contribution is 5.35. The zero-order chi connectivity index (χ0) is 17.8. The summed E-state index contributed by atoms with van der Waals surface area (Å²) in [4.78, 5) is 9.90. The summed E-state index contributed by atoms with van der Waals surface area (Å²) in [7, 11) is 0. The number of halogens is 1. The minimum atomic E-state index is -0.841. The van der Waals surface area contributed by atoms with Crippen LogP contribution in [-0.2, 0) is 6.54 Å². The maximum atomic E-state index is 13.6. The third kappa shape index (κ3) is 3.86. The molecule has 0 saturated carbocycles. The molecule has 0 radical (unpaired) electrons. The number of nitro groups is 1. The predicted molar refractivity (Wildman–Crippen MR) is 89.7 cm³/mol. The molecule has 25 heavy (non-hydrogen) atoms. The summed E-state index contributed by atoms with van der Waals surface area (Å²) >= 11 is 0. The fourth-order valence-electron chi connectivity index (χ4n) is 2.37. The largest absolute Gasteiger partial charge is 0.305 e. The Morgan fingerprint density at radius 1 is 1.28 bits per heavy atom. The second-order valence-electron chi connectivity index (χ2n) is 5.57. The summed E-state index contributed by atoms with van der Waals surface area (Å²) < 4.78 is 15.3. The molecule has 0 bridgehead atoms. The number of rotatable bonds is 6. The van der Waals surface area contributed by atoms with Gasteiger partial charge in [0.1, 0.15) is 0 Å². The van der Waals surface area contributed by atoms with Crippen molar-refractivity contribution in [3.8, 4) is 5.69 Å². The van der Waals surface area contributed by atoms with Gasteiger partial charge in [-0.2, -0.15) is 4.39 Å². The van der Waals surface area contributed by atoms with Gasteiger partial charge < -0.3 is 5.32 Å². The summed E-state index contributed by atoms with van der Waals surface area (Å²) in [6.45, 7) is 2.27. The second-order valence-corrected chi connectivity index (χ2v) is 5.57. The monoisotopic (exact) mass is 341 g/mol. The molecule has 0 amide bonds. The van der Waals surface area contributed by atoms with E-state index in [4.69, 9.17) is 0 Å². The standard InChI is InChI=1S/C17H16FN5O2/c1-12(16-11-22(21-20-16)14-5-3-2-4-6-14)19-10-13-7-8-17(23(24)25)15(18)9-13/h2-9,11-12,19H,10H2,1H3. The van der Waals surface area contributed by atoms with Crippen molar-refractivity contribution >= 4 is 5.69 Å². The van der Waals surface area contributed by atoms with Crippen LogP contribution in [0.3, 0.4) is 0 Å². The summed E-state index contributed by atoms with van der Waals surface area (Å²) in [6.07, 6.45) is 1.82. The van der Waals surface area contributed by atoms with E-state index in [2.05, 4.69) is 15.6 Å². The molecule has 0 aliphatic heterocycles. The van der Waals surface area contributed by atoms with Crippen molar-refractivity contribution in [2.75, 3.05) is 0 Å². The summed E-state index contributed by atoms with van der Waals surface area (Å²) in [6, 6.07) is 13.4. The van der Waals surface area contributed by atoms with E-state index in [-0.39, 0.29) is 6.04 Å². The summed E-state index contributed by atoms with van der Waals surface area (Å²) in [5.74, 6) is -0.841. The summed E-state index contributed by atoms with van der Waals surface area (Å²) in [5, 5.41) is 22.1. The molecular weight excluding hydrogens is 325 g/mol. The van der Waals surface area contributed by atoms with Gasteiger partial charge in [0.15, 0.2) is 0 Å². The minimum absolute atomic E-state index is 0.115. The minimum Gasteiger partial charge on any atom is -0.305 e. The van der Waals surface area contributed by atoms with Crippen LogP contribution in [0, 0.1) is 15.9 Å². The van der Waals surface area contributed by atoms with Gasteiger partial charge in [-0.15, -0.1) is 5.10 Å². The molecule has 2 aromatic carbocycles. The van der Waals surface area contributed by atoms with Crippen molar-refractivity contribution in [3.63, 3.8) is 0 Å². The fraction of sp³-hybridized carbons (Fsp3) is 0.176. The van der Waals surface area contributed by atoms with Gasteiger partial charge in [-0.1, -0.05) is 29.5 Å². The second kappa shape index (κ2) is 7.18. The Kier molecular flexibility index (Phi) is 4.80. The van der Waals surface area contributed by atoms with E-state index in [1.54, 1.807) is 4.68 Å². The van der Waals surface area contributed by atoms with Crippen LogP contribution in [0.25, 0.3) is 5.69 Å². The molecule has 8 heteroatoms. The lowest BCUT2D eigenvalue weighted by molar-refractivity contribution is -0.387. The first kappa shape index (κ1) is 16.7. The van der Waals surface area contributed by atoms with Crippen LogP contribution in [0.2, 0.25) is 0 Å². The Morgan fingerprint density at radius 3 is 2.72 bits per heavy atom. The van der Waals surface area contributed by atoms with Crippen molar-refractivity contribution in [2.45, 2.75) is 19.5 Å². The molecule has 1 N–H and O–H groups in total. The number of hydrogen-bond donors (Lipinski definition) is 1. The third-order valence-corrected chi connectivity index (χ3v) is 3.80. The van der Waals surface area contributed by atoms with Crippen LogP contribution in [0.1, 0.15) is 24.2 Å². The number of para-hydroxylation sites is 1. The lowest BCUT2D eigenvalue weighted by atomic mass is 10.1. The Labute approximate surface area is 143 Å². The van der Waals surface area contributed by atoms with Gasteiger partial charge in [0.05, 0.1) is 28.5 Å². The van der Waals surface area contributed by atoms with Gasteiger partial charge in [0, 0.05) is 12.6 Å². The Hall–Kier alpha value is -3.13. The van der Waals surface area contributed by atoms with E-state index in [0.29, 0.717) is 12.1 Å². The molecule has 1 aromatic heterocycles. The zero-order valence-electron chi connectivity index (χ0n) is 13.5. The maximum absolute atomic E-state index is 13.6. The van der Waals surface area contributed by atoms with E-state index in [0.717, 1.165) is 11.4 Å². The van der Waals surface area contributed by atoms with Gasteiger partial charge in [0.2, 0.25) is 5.82 Å². The highest BCUT2D eigenvalue weighted by Gasteiger charge is 2.15. The number of aromatic nitrogens is 3. The third-order valence-electron chi connectivity index (χ3n) is 3.80. The molecule has 0 spiro atoms. The normalized spacial score (nSPS) is 12.1. The van der Waals surface area contributed by atoms with Gasteiger partial charge >= 0.3 is 5.69 Å².